The number of methoxy groups -OCH3 is 1. The fourth-order valence-corrected chi connectivity index (χ4v) is 3.69. The highest BCUT2D eigenvalue weighted by Gasteiger charge is 2.37. The number of benzene rings is 1. The zero-order valence-electron chi connectivity index (χ0n) is 14.6. The van der Waals surface area contributed by atoms with Gasteiger partial charge in [-0.05, 0) is 46.6 Å². The largest absolute Gasteiger partial charge is 0.496 e. The van der Waals surface area contributed by atoms with E-state index < -0.39 is 0 Å². The second kappa shape index (κ2) is 6.84. The average Bonchev–Trinajstić information content (AvgIpc) is 2.40. The van der Waals surface area contributed by atoms with E-state index in [4.69, 9.17) is 4.74 Å². The van der Waals surface area contributed by atoms with E-state index in [1.165, 1.54) is 0 Å². The molecule has 1 heterocycles. The zero-order chi connectivity index (χ0) is 16.2. The van der Waals surface area contributed by atoms with Crippen LogP contribution in [0, 0.1) is 0 Å². The van der Waals surface area contributed by atoms with Gasteiger partial charge < -0.3 is 15.4 Å². The molecule has 0 saturated carbocycles. The van der Waals surface area contributed by atoms with Gasteiger partial charge in [-0.2, -0.15) is 0 Å². The molecule has 0 bridgehead atoms. The molecule has 3 heteroatoms. The molecule has 1 fully saturated rings. The lowest BCUT2D eigenvalue weighted by Crippen LogP contribution is -2.61. The molecule has 3 nitrogen and oxygen atoms in total. The maximum Gasteiger partial charge on any atom is 0.126 e. The van der Waals surface area contributed by atoms with Gasteiger partial charge in [0.2, 0.25) is 0 Å². The number of para-hydroxylation sites is 1. The van der Waals surface area contributed by atoms with Crippen molar-refractivity contribution in [2.75, 3.05) is 13.7 Å². The first-order valence-corrected chi connectivity index (χ1v) is 8.14. The Morgan fingerprint density at radius 3 is 2.45 bits per heavy atom. The predicted molar refractivity (Wildman–Crippen MR) is 94.3 cm³/mol. The first-order valence-electron chi connectivity index (χ1n) is 8.14. The molecule has 0 amide bonds. The van der Waals surface area contributed by atoms with Gasteiger partial charge in [0.25, 0.3) is 0 Å². The molecule has 1 aromatic rings. The predicted octanol–water partition coefficient (Wildman–Crippen LogP) is 3.61. The lowest BCUT2D eigenvalue weighted by Gasteiger charge is -2.46. The summed E-state index contributed by atoms with van der Waals surface area (Å²) in [6.45, 7) is 10.0. The van der Waals surface area contributed by atoms with Crippen LogP contribution < -0.4 is 15.4 Å². The van der Waals surface area contributed by atoms with Crippen molar-refractivity contribution < 1.29 is 4.74 Å². The molecule has 1 aliphatic heterocycles. The van der Waals surface area contributed by atoms with Gasteiger partial charge in [0.1, 0.15) is 5.75 Å². The molecule has 0 atom stereocenters. The number of hydrogen-bond acceptors (Lipinski definition) is 3. The number of hydrogen-bond donors (Lipinski definition) is 2. The zero-order valence-corrected chi connectivity index (χ0v) is 14.6. The van der Waals surface area contributed by atoms with Crippen molar-refractivity contribution in [1.29, 1.82) is 0 Å². The molecular weight excluding hydrogens is 272 g/mol. The van der Waals surface area contributed by atoms with Crippen molar-refractivity contribution in [3.05, 3.63) is 35.9 Å². The van der Waals surface area contributed by atoms with Gasteiger partial charge in [-0.25, -0.2) is 0 Å². The van der Waals surface area contributed by atoms with Gasteiger partial charge in [-0.3, -0.25) is 0 Å². The summed E-state index contributed by atoms with van der Waals surface area (Å²) < 4.78 is 5.37. The van der Waals surface area contributed by atoms with Crippen molar-refractivity contribution in [3.63, 3.8) is 0 Å². The molecule has 1 aliphatic rings. The van der Waals surface area contributed by atoms with E-state index in [0.29, 0.717) is 6.04 Å². The Labute approximate surface area is 135 Å². The van der Waals surface area contributed by atoms with Crippen molar-refractivity contribution in [1.82, 2.24) is 10.6 Å². The quantitative estimate of drug-likeness (QED) is 0.872. The summed E-state index contributed by atoms with van der Waals surface area (Å²) >= 11 is 0. The molecule has 0 unspecified atom stereocenters. The number of rotatable bonds is 5. The second-order valence-corrected chi connectivity index (χ2v) is 7.55. The lowest BCUT2D eigenvalue weighted by molar-refractivity contribution is 0.148. The third-order valence-electron chi connectivity index (χ3n) is 4.15. The third-order valence-corrected chi connectivity index (χ3v) is 4.15. The van der Waals surface area contributed by atoms with E-state index in [1.807, 2.05) is 18.2 Å². The average molecular weight is 302 g/mol. The second-order valence-electron chi connectivity index (χ2n) is 7.55. The molecule has 0 aromatic heterocycles. The Bertz CT molecular complexity index is 504. The highest BCUT2D eigenvalue weighted by molar-refractivity contribution is 5.57. The number of ether oxygens (including phenoxy) is 1. The Morgan fingerprint density at radius 1 is 1.18 bits per heavy atom. The van der Waals surface area contributed by atoms with Crippen LogP contribution in [0.5, 0.6) is 5.75 Å². The first-order chi connectivity index (χ1) is 10.3. The number of piperidine rings is 1. The van der Waals surface area contributed by atoms with Gasteiger partial charge in [-0.15, -0.1) is 0 Å². The maximum absolute atomic E-state index is 5.37. The van der Waals surface area contributed by atoms with E-state index in [2.05, 4.69) is 56.5 Å². The summed E-state index contributed by atoms with van der Waals surface area (Å²) in [6.07, 6.45) is 6.61. The van der Waals surface area contributed by atoms with Crippen LogP contribution in [0.1, 0.15) is 46.1 Å². The van der Waals surface area contributed by atoms with E-state index in [0.717, 1.165) is 30.7 Å². The summed E-state index contributed by atoms with van der Waals surface area (Å²) in [7, 11) is 1.71. The molecule has 0 radical (unpaired) electrons. The fourth-order valence-electron chi connectivity index (χ4n) is 3.69. The van der Waals surface area contributed by atoms with E-state index >= 15 is 0 Å². The first kappa shape index (κ1) is 17.0. The van der Waals surface area contributed by atoms with Crippen LogP contribution in [0.25, 0.3) is 6.08 Å². The van der Waals surface area contributed by atoms with Crippen molar-refractivity contribution >= 4 is 6.08 Å². The van der Waals surface area contributed by atoms with Gasteiger partial charge >= 0.3 is 0 Å². The third kappa shape index (κ3) is 4.85. The van der Waals surface area contributed by atoms with Crippen LogP contribution >= 0.6 is 0 Å². The Balaban J connectivity index is 1.89. The van der Waals surface area contributed by atoms with Crippen molar-refractivity contribution in [3.8, 4) is 5.75 Å². The highest BCUT2D eigenvalue weighted by atomic mass is 16.5. The minimum Gasteiger partial charge on any atom is -0.496 e. The van der Waals surface area contributed by atoms with Crippen LogP contribution in [0.3, 0.4) is 0 Å². The van der Waals surface area contributed by atoms with E-state index in [1.54, 1.807) is 7.11 Å². The molecule has 0 spiro atoms. The van der Waals surface area contributed by atoms with E-state index in [9.17, 15) is 0 Å². The molecule has 22 heavy (non-hydrogen) atoms. The molecule has 1 saturated heterocycles. The topological polar surface area (TPSA) is 33.3 Å². The highest BCUT2D eigenvalue weighted by Crippen LogP contribution is 2.28. The molecule has 1 aromatic carbocycles. The summed E-state index contributed by atoms with van der Waals surface area (Å²) in [5, 5.41) is 7.39. The SMILES string of the molecule is COc1ccccc1/C=C/CNC1CC(C)(C)NC(C)(C)C1. The van der Waals surface area contributed by atoms with Crippen LogP contribution in [-0.4, -0.2) is 30.8 Å². The molecule has 2 N–H and O–H groups in total. The van der Waals surface area contributed by atoms with Crippen LogP contribution in [-0.2, 0) is 0 Å². The van der Waals surface area contributed by atoms with Gasteiger partial charge in [-0.1, -0.05) is 30.4 Å². The van der Waals surface area contributed by atoms with Gasteiger partial charge in [0, 0.05) is 29.2 Å². The summed E-state index contributed by atoms with van der Waals surface area (Å²) in [6, 6.07) is 8.64. The Hall–Kier alpha value is -1.32. The molecule has 122 valence electrons. The smallest absolute Gasteiger partial charge is 0.126 e. The molecule has 0 aliphatic carbocycles. The molecule has 2 rings (SSSR count). The van der Waals surface area contributed by atoms with Crippen LogP contribution in [0.4, 0.5) is 0 Å². The van der Waals surface area contributed by atoms with Gasteiger partial charge in [0.15, 0.2) is 0 Å². The Morgan fingerprint density at radius 2 is 1.82 bits per heavy atom. The summed E-state index contributed by atoms with van der Waals surface area (Å²) in [5.74, 6) is 0.919. The van der Waals surface area contributed by atoms with Crippen LogP contribution in [0.15, 0.2) is 30.3 Å². The van der Waals surface area contributed by atoms with Gasteiger partial charge in [0.05, 0.1) is 7.11 Å². The maximum atomic E-state index is 5.37. The number of nitrogens with one attached hydrogen (secondary N) is 2. The summed E-state index contributed by atoms with van der Waals surface area (Å²) in [4.78, 5) is 0. The minimum absolute atomic E-state index is 0.186. The summed E-state index contributed by atoms with van der Waals surface area (Å²) in [5.41, 5.74) is 1.50. The Kier molecular flexibility index (Phi) is 5.30. The van der Waals surface area contributed by atoms with Crippen molar-refractivity contribution in [2.24, 2.45) is 0 Å². The minimum atomic E-state index is 0.186. The fraction of sp³-hybridized carbons (Fsp3) is 0.579. The normalized spacial score (nSPS) is 21.1. The van der Waals surface area contributed by atoms with Crippen molar-refractivity contribution in [2.45, 2.75) is 57.7 Å². The molecular formula is C19H30N2O. The standard InChI is InChI=1S/C19H30N2O/c1-18(2)13-16(14-19(3,4)21-18)20-12-8-10-15-9-6-7-11-17(15)22-5/h6-11,16,20-21H,12-14H2,1-5H3/b10-8+. The monoisotopic (exact) mass is 302 g/mol. The lowest BCUT2D eigenvalue weighted by atomic mass is 9.79. The van der Waals surface area contributed by atoms with E-state index in [-0.39, 0.29) is 11.1 Å². The van der Waals surface area contributed by atoms with Crippen LogP contribution in [0.2, 0.25) is 0 Å².